The predicted octanol–water partition coefficient (Wildman–Crippen LogP) is 2.52. The van der Waals surface area contributed by atoms with Crippen molar-refractivity contribution in [3.8, 4) is 0 Å². The zero-order chi connectivity index (χ0) is 19.7. The topological polar surface area (TPSA) is 93.2 Å². The lowest BCUT2D eigenvalue weighted by molar-refractivity contribution is 0.0527. The molecule has 0 bridgehead atoms. The van der Waals surface area contributed by atoms with Gasteiger partial charge in [0.05, 0.1) is 13.2 Å². The van der Waals surface area contributed by atoms with Crippen molar-refractivity contribution in [1.82, 2.24) is 16.0 Å². The summed E-state index contributed by atoms with van der Waals surface area (Å²) in [5.41, 5.74) is -0.473. The van der Waals surface area contributed by atoms with Crippen molar-refractivity contribution in [1.29, 1.82) is 0 Å². The number of ether oxygens (including phenoxy) is 3. The second-order valence-electron chi connectivity index (χ2n) is 6.78. The Balaban J connectivity index is 0. The fourth-order valence-corrected chi connectivity index (χ4v) is 1.90. The number of nitrogens with zero attached hydrogens (tertiary/aromatic N) is 1. The molecule has 0 unspecified atom stereocenters. The summed E-state index contributed by atoms with van der Waals surface area (Å²) >= 11 is 0. The first-order chi connectivity index (χ1) is 12.4. The van der Waals surface area contributed by atoms with Gasteiger partial charge in [0.15, 0.2) is 5.96 Å². The molecule has 0 aliphatic rings. The van der Waals surface area contributed by atoms with Crippen molar-refractivity contribution in [2.45, 2.75) is 52.6 Å². The lowest BCUT2D eigenvalue weighted by atomic mass is 10.2. The molecule has 0 aromatic rings. The van der Waals surface area contributed by atoms with Crippen molar-refractivity contribution in [2.75, 3.05) is 53.1 Å². The molecular formula is C18H39IN4O4. The lowest BCUT2D eigenvalue weighted by Gasteiger charge is -2.19. The van der Waals surface area contributed by atoms with E-state index < -0.39 is 5.60 Å². The van der Waals surface area contributed by atoms with Crippen molar-refractivity contribution in [2.24, 2.45) is 4.99 Å². The van der Waals surface area contributed by atoms with Crippen LogP contribution in [0.5, 0.6) is 0 Å². The van der Waals surface area contributed by atoms with E-state index in [9.17, 15) is 4.79 Å². The van der Waals surface area contributed by atoms with E-state index in [4.69, 9.17) is 14.2 Å². The number of guanidine groups is 1. The molecule has 0 heterocycles. The Morgan fingerprint density at radius 1 is 0.963 bits per heavy atom. The summed E-state index contributed by atoms with van der Waals surface area (Å²) < 4.78 is 15.5. The standard InChI is InChI=1S/C18H38N4O4.HI/c1-6-19-16(20-10-7-8-13-25-15-14-24-5)21-11-9-12-22-17(23)26-18(2,3)4;/h6-15H2,1-5H3,(H,22,23)(H2,19,20,21);1H. The summed E-state index contributed by atoms with van der Waals surface area (Å²) in [5, 5.41) is 9.24. The summed E-state index contributed by atoms with van der Waals surface area (Å²) in [7, 11) is 1.67. The normalized spacial score (nSPS) is 11.5. The molecule has 0 saturated carbocycles. The van der Waals surface area contributed by atoms with Crippen molar-refractivity contribution in [3.63, 3.8) is 0 Å². The van der Waals surface area contributed by atoms with Crippen LogP contribution in [-0.4, -0.2) is 70.8 Å². The molecule has 27 heavy (non-hydrogen) atoms. The van der Waals surface area contributed by atoms with Crippen LogP contribution in [0, 0.1) is 0 Å². The maximum absolute atomic E-state index is 11.5. The van der Waals surface area contributed by atoms with Crippen LogP contribution in [0.4, 0.5) is 4.79 Å². The number of carbonyl (C=O) groups excluding carboxylic acids is 1. The number of rotatable bonds is 13. The van der Waals surface area contributed by atoms with Gasteiger partial charge >= 0.3 is 6.09 Å². The Labute approximate surface area is 181 Å². The molecule has 0 atom stereocenters. The predicted molar refractivity (Wildman–Crippen MR) is 120 cm³/mol. The van der Waals surface area contributed by atoms with E-state index >= 15 is 0 Å². The zero-order valence-corrected chi connectivity index (χ0v) is 19.9. The first-order valence-corrected chi connectivity index (χ1v) is 9.44. The van der Waals surface area contributed by atoms with E-state index in [0.717, 1.165) is 44.9 Å². The van der Waals surface area contributed by atoms with E-state index in [1.54, 1.807) is 7.11 Å². The third-order valence-corrected chi connectivity index (χ3v) is 3.06. The number of nitrogens with one attached hydrogen (secondary N) is 3. The Hall–Kier alpha value is -0.810. The number of hydrogen-bond acceptors (Lipinski definition) is 5. The van der Waals surface area contributed by atoms with E-state index in [-0.39, 0.29) is 30.1 Å². The fraction of sp³-hybridized carbons (Fsp3) is 0.889. The van der Waals surface area contributed by atoms with Gasteiger partial charge in [-0.15, -0.1) is 24.0 Å². The van der Waals surface area contributed by atoms with Crippen LogP contribution in [0.15, 0.2) is 4.99 Å². The smallest absolute Gasteiger partial charge is 0.407 e. The Kier molecular flexibility index (Phi) is 19.5. The van der Waals surface area contributed by atoms with Crippen LogP contribution in [0.1, 0.15) is 47.0 Å². The van der Waals surface area contributed by atoms with Crippen LogP contribution in [0.2, 0.25) is 0 Å². The van der Waals surface area contributed by atoms with E-state index in [2.05, 4.69) is 20.9 Å². The average molecular weight is 502 g/mol. The van der Waals surface area contributed by atoms with E-state index in [0.29, 0.717) is 26.3 Å². The van der Waals surface area contributed by atoms with E-state index in [1.807, 2.05) is 27.7 Å². The minimum Gasteiger partial charge on any atom is -0.444 e. The summed E-state index contributed by atoms with van der Waals surface area (Å²) in [4.78, 5) is 16.0. The minimum absolute atomic E-state index is 0. The molecule has 9 heteroatoms. The second kappa shape index (κ2) is 18.5. The van der Waals surface area contributed by atoms with Gasteiger partial charge in [-0.1, -0.05) is 0 Å². The van der Waals surface area contributed by atoms with Crippen LogP contribution in [0.25, 0.3) is 0 Å². The van der Waals surface area contributed by atoms with Crippen molar-refractivity contribution in [3.05, 3.63) is 0 Å². The van der Waals surface area contributed by atoms with Gasteiger partial charge in [-0.2, -0.15) is 0 Å². The quantitative estimate of drug-likeness (QED) is 0.155. The van der Waals surface area contributed by atoms with Crippen LogP contribution < -0.4 is 16.0 Å². The van der Waals surface area contributed by atoms with E-state index in [1.165, 1.54) is 0 Å². The minimum atomic E-state index is -0.473. The Morgan fingerprint density at radius 3 is 2.30 bits per heavy atom. The fourth-order valence-electron chi connectivity index (χ4n) is 1.90. The average Bonchev–Trinajstić information content (AvgIpc) is 2.55. The van der Waals surface area contributed by atoms with Crippen LogP contribution >= 0.6 is 24.0 Å². The highest BCUT2D eigenvalue weighted by molar-refractivity contribution is 14.0. The zero-order valence-electron chi connectivity index (χ0n) is 17.6. The molecule has 0 saturated heterocycles. The summed E-state index contributed by atoms with van der Waals surface area (Å²) in [6.07, 6.45) is 2.37. The largest absolute Gasteiger partial charge is 0.444 e. The Morgan fingerprint density at radius 2 is 1.67 bits per heavy atom. The molecular weight excluding hydrogens is 463 g/mol. The first kappa shape index (κ1) is 28.4. The van der Waals surface area contributed by atoms with Gasteiger partial charge in [-0.25, -0.2) is 4.79 Å². The summed E-state index contributed by atoms with van der Waals surface area (Å²) in [5.74, 6) is 0.796. The van der Waals surface area contributed by atoms with Gasteiger partial charge in [-0.05, 0) is 47.0 Å². The Bertz CT molecular complexity index is 390. The number of carbonyl (C=O) groups is 1. The first-order valence-electron chi connectivity index (χ1n) is 9.44. The van der Waals surface area contributed by atoms with Gasteiger partial charge in [0, 0.05) is 39.9 Å². The molecule has 0 spiro atoms. The molecule has 0 aliphatic heterocycles. The molecule has 0 fully saturated rings. The number of methoxy groups -OCH3 is 1. The van der Waals surface area contributed by atoms with Gasteiger partial charge < -0.3 is 30.2 Å². The monoisotopic (exact) mass is 502 g/mol. The maximum Gasteiger partial charge on any atom is 0.407 e. The molecule has 1 amide bonds. The van der Waals surface area contributed by atoms with Crippen LogP contribution in [0.3, 0.4) is 0 Å². The molecule has 0 rings (SSSR count). The van der Waals surface area contributed by atoms with Crippen molar-refractivity contribution < 1.29 is 19.0 Å². The van der Waals surface area contributed by atoms with Crippen molar-refractivity contribution >= 4 is 36.0 Å². The van der Waals surface area contributed by atoms with Gasteiger partial charge in [0.1, 0.15) is 5.60 Å². The molecule has 0 aromatic carbocycles. The van der Waals surface area contributed by atoms with Gasteiger partial charge in [0.2, 0.25) is 0 Å². The molecule has 0 aromatic heterocycles. The number of amides is 1. The highest BCUT2D eigenvalue weighted by Gasteiger charge is 2.15. The molecule has 3 N–H and O–H groups in total. The molecule has 162 valence electrons. The number of halogens is 1. The number of aliphatic imine (C=N–C) groups is 1. The summed E-state index contributed by atoms with van der Waals surface area (Å²) in [6, 6.07) is 0. The van der Waals surface area contributed by atoms with Gasteiger partial charge in [0.25, 0.3) is 0 Å². The molecule has 8 nitrogen and oxygen atoms in total. The number of hydrogen-bond donors (Lipinski definition) is 3. The van der Waals surface area contributed by atoms with Gasteiger partial charge in [-0.3, -0.25) is 4.99 Å². The maximum atomic E-state index is 11.5. The van der Waals surface area contributed by atoms with Crippen LogP contribution in [-0.2, 0) is 14.2 Å². The highest BCUT2D eigenvalue weighted by Crippen LogP contribution is 2.06. The SMILES string of the molecule is CCNC(=NCCCNC(=O)OC(C)(C)C)NCCCCOCCOC.I. The third kappa shape index (κ3) is 21.3. The molecule has 0 aliphatic carbocycles. The molecule has 0 radical (unpaired) electrons. The lowest BCUT2D eigenvalue weighted by Crippen LogP contribution is -2.38. The summed E-state index contributed by atoms with van der Waals surface area (Å²) in [6.45, 7) is 12.4. The highest BCUT2D eigenvalue weighted by atomic mass is 127. The number of unbranched alkanes of at least 4 members (excludes halogenated alkanes) is 1. The number of alkyl carbamates (subject to hydrolysis) is 1. The second-order valence-corrected chi connectivity index (χ2v) is 6.78. The third-order valence-electron chi connectivity index (χ3n) is 3.06.